The number of aliphatic carboxylic acids is 1. The summed E-state index contributed by atoms with van der Waals surface area (Å²) in [6.07, 6.45) is -0.118. The Morgan fingerprint density at radius 1 is 1.29 bits per heavy atom. The van der Waals surface area contributed by atoms with Gasteiger partial charge in [0.15, 0.2) is 11.1 Å². The number of rotatable bonds is 4. The van der Waals surface area contributed by atoms with Crippen LogP contribution in [0.25, 0.3) is 0 Å². The molecule has 0 radical (unpaired) electrons. The summed E-state index contributed by atoms with van der Waals surface area (Å²) in [7, 11) is 0. The lowest BCUT2D eigenvalue weighted by Crippen LogP contribution is -2.05. The second-order valence-corrected chi connectivity index (χ2v) is 3.74. The van der Waals surface area contributed by atoms with E-state index in [1.807, 2.05) is 0 Å². The van der Waals surface area contributed by atoms with Gasteiger partial charge >= 0.3 is 5.97 Å². The highest BCUT2D eigenvalue weighted by molar-refractivity contribution is 7.78. The highest BCUT2D eigenvalue weighted by atomic mass is 32.2. The molecule has 0 bridgehead atoms. The molecule has 4 nitrogen and oxygen atoms in total. The number of carbonyl (C=O) groups is 1. The molecule has 0 aromatic heterocycles. The minimum absolute atomic E-state index is 0.0244. The zero-order chi connectivity index (χ0) is 10.6. The Morgan fingerprint density at radius 3 is 2.36 bits per heavy atom. The van der Waals surface area contributed by atoms with Gasteiger partial charge < -0.3 is 9.66 Å². The molecule has 1 atom stereocenters. The van der Waals surface area contributed by atoms with Gasteiger partial charge in [-0.2, -0.15) is 0 Å². The number of benzene rings is 1. The first-order chi connectivity index (χ1) is 6.59. The maximum atomic E-state index is 10.6. The van der Waals surface area contributed by atoms with Crippen molar-refractivity contribution in [2.45, 2.75) is 12.2 Å². The highest BCUT2D eigenvalue weighted by Crippen LogP contribution is 2.11. The standard InChI is InChI=1S/C9H10O4S/c10-9(11)5-7-3-1-2-4-8(7)6-14(12)13/h1-4H,5-6H2,(H,10,11)(H,12,13). The van der Waals surface area contributed by atoms with E-state index in [2.05, 4.69) is 0 Å². The summed E-state index contributed by atoms with van der Waals surface area (Å²) in [6.45, 7) is 0. The Morgan fingerprint density at radius 2 is 1.86 bits per heavy atom. The van der Waals surface area contributed by atoms with Gasteiger partial charge in [-0.1, -0.05) is 24.3 Å². The normalized spacial score (nSPS) is 12.4. The maximum Gasteiger partial charge on any atom is 0.307 e. The largest absolute Gasteiger partial charge is 0.481 e. The average Bonchev–Trinajstić information content (AvgIpc) is 2.06. The third-order valence-electron chi connectivity index (χ3n) is 1.74. The molecule has 2 N–H and O–H groups in total. The van der Waals surface area contributed by atoms with Crippen LogP contribution in [-0.4, -0.2) is 19.8 Å². The molecule has 0 aliphatic rings. The number of hydrogen-bond acceptors (Lipinski definition) is 2. The number of hydrogen-bond donors (Lipinski definition) is 2. The van der Waals surface area contributed by atoms with Crippen LogP contribution >= 0.6 is 0 Å². The van der Waals surface area contributed by atoms with E-state index < -0.39 is 17.0 Å². The van der Waals surface area contributed by atoms with Crippen LogP contribution in [0.15, 0.2) is 24.3 Å². The molecule has 1 unspecified atom stereocenters. The summed E-state index contributed by atoms with van der Waals surface area (Å²) in [5.74, 6) is -0.968. The van der Waals surface area contributed by atoms with Gasteiger partial charge in [0.2, 0.25) is 0 Å². The average molecular weight is 214 g/mol. The van der Waals surface area contributed by atoms with Crippen LogP contribution in [0.4, 0.5) is 0 Å². The van der Waals surface area contributed by atoms with Crippen molar-refractivity contribution in [3.05, 3.63) is 35.4 Å². The Kier molecular flexibility index (Phi) is 3.79. The van der Waals surface area contributed by atoms with Crippen LogP contribution in [-0.2, 0) is 28.0 Å². The van der Waals surface area contributed by atoms with E-state index in [9.17, 15) is 9.00 Å². The van der Waals surface area contributed by atoms with Crippen LogP contribution < -0.4 is 0 Å². The summed E-state index contributed by atoms with van der Waals surface area (Å²) in [5.41, 5.74) is 1.19. The first kappa shape index (κ1) is 10.9. The molecule has 0 fully saturated rings. The fourth-order valence-corrected chi connectivity index (χ4v) is 1.71. The minimum atomic E-state index is -1.93. The molecule has 1 aromatic rings. The van der Waals surface area contributed by atoms with Crippen LogP contribution in [0.3, 0.4) is 0 Å². The second kappa shape index (κ2) is 4.88. The molecule has 0 aliphatic carbocycles. The second-order valence-electron chi connectivity index (χ2n) is 2.81. The molecular formula is C9H10O4S. The van der Waals surface area contributed by atoms with Crippen molar-refractivity contribution in [1.82, 2.24) is 0 Å². The smallest absolute Gasteiger partial charge is 0.307 e. The van der Waals surface area contributed by atoms with Crippen molar-refractivity contribution in [2.24, 2.45) is 0 Å². The molecule has 76 valence electrons. The fraction of sp³-hybridized carbons (Fsp3) is 0.222. The molecule has 5 heteroatoms. The van der Waals surface area contributed by atoms with Crippen molar-refractivity contribution in [2.75, 3.05) is 0 Å². The number of carboxylic acid groups (broad SMARTS) is 1. The van der Waals surface area contributed by atoms with E-state index in [0.717, 1.165) is 0 Å². The van der Waals surface area contributed by atoms with Gasteiger partial charge in [-0.15, -0.1) is 0 Å². The first-order valence-electron chi connectivity index (χ1n) is 3.95. The monoisotopic (exact) mass is 214 g/mol. The van der Waals surface area contributed by atoms with Gasteiger partial charge in [-0.3, -0.25) is 4.79 Å². The van der Waals surface area contributed by atoms with E-state index in [4.69, 9.17) is 9.66 Å². The van der Waals surface area contributed by atoms with Gasteiger partial charge in [0.1, 0.15) is 0 Å². The predicted molar refractivity (Wildman–Crippen MR) is 52.3 cm³/mol. The topological polar surface area (TPSA) is 74.6 Å². The predicted octanol–water partition coefficient (Wildman–Crippen LogP) is 1.04. The van der Waals surface area contributed by atoms with Gasteiger partial charge in [0.05, 0.1) is 12.2 Å². The molecule has 0 saturated heterocycles. The van der Waals surface area contributed by atoms with Crippen molar-refractivity contribution < 1.29 is 18.7 Å². The molecule has 14 heavy (non-hydrogen) atoms. The first-order valence-corrected chi connectivity index (χ1v) is 5.23. The van der Waals surface area contributed by atoms with Crippen molar-refractivity contribution in [1.29, 1.82) is 0 Å². The van der Waals surface area contributed by atoms with Crippen LogP contribution in [0.2, 0.25) is 0 Å². The van der Waals surface area contributed by atoms with Crippen LogP contribution in [0.1, 0.15) is 11.1 Å². The summed E-state index contributed by atoms with van der Waals surface area (Å²) >= 11 is -1.93. The van der Waals surface area contributed by atoms with Crippen molar-refractivity contribution in [3.8, 4) is 0 Å². The van der Waals surface area contributed by atoms with E-state index in [-0.39, 0.29) is 12.2 Å². The molecule has 0 heterocycles. The number of carboxylic acids is 1. The Balaban J connectivity index is 2.90. The highest BCUT2D eigenvalue weighted by Gasteiger charge is 2.07. The van der Waals surface area contributed by atoms with Crippen molar-refractivity contribution >= 4 is 17.0 Å². The summed E-state index contributed by atoms with van der Waals surface area (Å²) < 4.78 is 19.3. The summed E-state index contributed by atoms with van der Waals surface area (Å²) in [6, 6.07) is 6.73. The third kappa shape index (κ3) is 3.27. The molecule has 0 aliphatic heterocycles. The lowest BCUT2D eigenvalue weighted by molar-refractivity contribution is -0.136. The minimum Gasteiger partial charge on any atom is -0.481 e. The lowest BCUT2D eigenvalue weighted by atomic mass is 10.1. The molecule has 0 amide bonds. The van der Waals surface area contributed by atoms with E-state index >= 15 is 0 Å². The van der Waals surface area contributed by atoms with E-state index in [1.165, 1.54) is 0 Å². The van der Waals surface area contributed by atoms with Crippen LogP contribution in [0, 0.1) is 0 Å². The van der Waals surface area contributed by atoms with Gasteiger partial charge in [0, 0.05) is 0 Å². The Hall–Kier alpha value is -1.20. The Bertz CT molecular complexity index is 327. The molecule has 1 rings (SSSR count). The Labute approximate surface area is 83.9 Å². The van der Waals surface area contributed by atoms with Gasteiger partial charge in [-0.05, 0) is 11.1 Å². The summed E-state index contributed by atoms with van der Waals surface area (Å²) in [4.78, 5) is 10.5. The van der Waals surface area contributed by atoms with E-state index in [0.29, 0.717) is 11.1 Å². The third-order valence-corrected chi connectivity index (χ3v) is 2.30. The zero-order valence-electron chi connectivity index (χ0n) is 7.34. The van der Waals surface area contributed by atoms with E-state index in [1.54, 1.807) is 24.3 Å². The SMILES string of the molecule is O=C(O)Cc1ccccc1CS(=O)O. The quantitative estimate of drug-likeness (QED) is 0.734. The molecule has 0 spiro atoms. The van der Waals surface area contributed by atoms with Crippen molar-refractivity contribution in [3.63, 3.8) is 0 Å². The van der Waals surface area contributed by atoms with Crippen LogP contribution in [0.5, 0.6) is 0 Å². The summed E-state index contributed by atoms with van der Waals surface area (Å²) in [5, 5.41) is 8.59. The fourth-order valence-electron chi connectivity index (χ4n) is 1.17. The maximum absolute atomic E-state index is 10.6. The molecular weight excluding hydrogens is 204 g/mol. The lowest BCUT2D eigenvalue weighted by Gasteiger charge is -2.04. The molecule has 1 aromatic carbocycles. The van der Waals surface area contributed by atoms with Gasteiger partial charge in [0.25, 0.3) is 0 Å². The van der Waals surface area contributed by atoms with Gasteiger partial charge in [-0.25, -0.2) is 4.21 Å². The molecule has 0 saturated carbocycles. The zero-order valence-corrected chi connectivity index (χ0v) is 8.16.